The Morgan fingerprint density at radius 3 is 2.44 bits per heavy atom. The Balaban J connectivity index is 1.96. The van der Waals surface area contributed by atoms with Gasteiger partial charge in [-0.3, -0.25) is 14.4 Å². The van der Waals surface area contributed by atoms with Crippen LogP contribution in [0.2, 0.25) is 0 Å². The van der Waals surface area contributed by atoms with Gasteiger partial charge in [-0.1, -0.05) is 0 Å². The molecule has 0 radical (unpaired) electrons. The summed E-state index contributed by atoms with van der Waals surface area (Å²) in [5, 5.41) is 2.78. The van der Waals surface area contributed by atoms with E-state index in [1.54, 1.807) is 6.92 Å². The largest absolute Gasteiger partial charge is 0.345 e. The first-order valence-electron chi connectivity index (χ1n) is 7.87. The molecule has 1 saturated carbocycles. The SMILES string of the molecule is CC(c1c[nH]c(=O)c2cc(F)c(F)cc12)N(C)C(=O)C(=O)NC1CC1. The van der Waals surface area contributed by atoms with Crippen LogP contribution in [0.4, 0.5) is 8.78 Å². The third kappa shape index (κ3) is 3.24. The summed E-state index contributed by atoms with van der Waals surface area (Å²) in [6.45, 7) is 1.64. The van der Waals surface area contributed by atoms with Crippen molar-refractivity contribution in [3.8, 4) is 0 Å². The number of aromatic amines is 1. The van der Waals surface area contributed by atoms with Crippen LogP contribution in [0.5, 0.6) is 0 Å². The number of hydrogen-bond donors (Lipinski definition) is 2. The van der Waals surface area contributed by atoms with Gasteiger partial charge in [-0.2, -0.15) is 0 Å². The van der Waals surface area contributed by atoms with E-state index in [1.807, 2.05) is 0 Å². The van der Waals surface area contributed by atoms with Crippen molar-refractivity contribution in [3.05, 3.63) is 45.9 Å². The van der Waals surface area contributed by atoms with E-state index in [2.05, 4.69) is 10.3 Å². The van der Waals surface area contributed by atoms with Gasteiger partial charge in [-0.25, -0.2) is 8.78 Å². The number of likely N-dealkylation sites (N-methyl/N-ethyl adjacent to an activating group) is 1. The van der Waals surface area contributed by atoms with Crippen molar-refractivity contribution < 1.29 is 18.4 Å². The lowest BCUT2D eigenvalue weighted by Gasteiger charge is -2.25. The molecule has 3 rings (SSSR count). The topological polar surface area (TPSA) is 82.3 Å². The molecule has 2 amide bonds. The summed E-state index contributed by atoms with van der Waals surface area (Å²) in [7, 11) is 1.44. The second kappa shape index (κ2) is 6.27. The molecular formula is C17H17F2N3O3. The molecule has 1 fully saturated rings. The maximum absolute atomic E-state index is 13.6. The fourth-order valence-corrected chi connectivity index (χ4v) is 2.64. The van der Waals surface area contributed by atoms with Crippen LogP contribution in [0, 0.1) is 11.6 Å². The van der Waals surface area contributed by atoms with Crippen molar-refractivity contribution in [2.45, 2.75) is 31.8 Å². The molecule has 1 heterocycles. The lowest BCUT2D eigenvalue weighted by Crippen LogP contribution is -2.43. The molecule has 0 saturated heterocycles. The molecule has 25 heavy (non-hydrogen) atoms. The highest BCUT2D eigenvalue weighted by Crippen LogP contribution is 2.27. The number of fused-ring (bicyclic) bond motifs is 1. The Bertz CT molecular complexity index is 921. The zero-order chi connectivity index (χ0) is 18.3. The van der Waals surface area contributed by atoms with E-state index < -0.39 is 35.0 Å². The molecule has 1 aliphatic rings. The smallest absolute Gasteiger partial charge is 0.312 e. The minimum absolute atomic E-state index is 0.0217. The Hall–Kier alpha value is -2.77. The zero-order valence-corrected chi connectivity index (χ0v) is 13.7. The number of pyridine rings is 1. The molecule has 1 aromatic carbocycles. The molecule has 1 unspecified atom stereocenters. The van der Waals surface area contributed by atoms with Crippen LogP contribution in [-0.4, -0.2) is 34.8 Å². The Kier molecular flexibility index (Phi) is 4.28. The highest BCUT2D eigenvalue weighted by molar-refractivity contribution is 6.35. The summed E-state index contributed by atoms with van der Waals surface area (Å²) in [5.41, 5.74) is -0.158. The van der Waals surface area contributed by atoms with Crippen LogP contribution in [0.15, 0.2) is 23.1 Å². The van der Waals surface area contributed by atoms with Crippen molar-refractivity contribution in [2.75, 3.05) is 7.05 Å². The fraction of sp³-hybridized carbons (Fsp3) is 0.353. The van der Waals surface area contributed by atoms with E-state index in [-0.39, 0.29) is 16.8 Å². The summed E-state index contributed by atoms with van der Waals surface area (Å²) in [4.78, 5) is 39.7. The van der Waals surface area contributed by atoms with Crippen molar-refractivity contribution in [3.63, 3.8) is 0 Å². The molecule has 0 aliphatic heterocycles. The molecule has 2 N–H and O–H groups in total. The van der Waals surface area contributed by atoms with E-state index in [1.165, 1.54) is 18.1 Å². The van der Waals surface area contributed by atoms with Crippen molar-refractivity contribution in [2.24, 2.45) is 0 Å². The van der Waals surface area contributed by atoms with Crippen molar-refractivity contribution in [1.82, 2.24) is 15.2 Å². The number of halogens is 2. The number of aromatic nitrogens is 1. The standard InChI is InChI=1S/C17H17F2N3O3/c1-8(22(2)17(25)16(24)21-9-3-4-9)12-7-20-15(23)11-6-14(19)13(18)5-10(11)12/h5-9H,3-4H2,1-2H3,(H,20,23)(H,21,24). The second-order valence-electron chi connectivity index (χ2n) is 6.22. The third-order valence-electron chi connectivity index (χ3n) is 4.43. The van der Waals surface area contributed by atoms with E-state index >= 15 is 0 Å². The number of H-pyrrole nitrogens is 1. The molecule has 8 heteroatoms. The Morgan fingerprint density at radius 2 is 1.84 bits per heavy atom. The predicted molar refractivity (Wildman–Crippen MR) is 86.8 cm³/mol. The summed E-state index contributed by atoms with van der Waals surface area (Å²) in [6.07, 6.45) is 3.05. The fourth-order valence-electron chi connectivity index (χ4n) is 2.64. The van der Waals surface area contributed by atoms with Gasteiger partial charge in [0.25, 0.3) is 5.56 Å². The van der Waals surface area contributed by atoms with Gasteiger partial charge >= 0.3 is 11.8 Å². The lowest BCUT2D eigenvalue weighted by molar-refractivity contribution is -0.146. The first-order valence-corrected chi connectivity index (χ1v) is 7.87. The monoisotopic (exact) mass is 349 g/mol. The van der Waals surface area contributed by atoms with Gasteiger partial charge in [-0.05, 0) is 42.8 Å². The summed E-state index contributed by atoms with van der Waals surface area (Å²) < 4.78 is 27.1. The molecule has 132 valence electrons. The minimum atomic E-state index is -1.13. The molecule has 6 nitrogen and oxygen atoms in total. The van der Waals surface area contributed by atoms with Crippen LogP contribution in [0.3, 0.4) is 0 Å². The van der Waals surface area contributed by atoms with Gasteiger partial charge in [0, 0.05) is 19.3 Å². The normalized spacial score (nSPS) is 15.0. The Labute approximate surface area is 141 Å². The van der Waals surface area contributed by atoms with Crippen LogP contribution < -0.4 is 10.9 Å². The van der Waals surface area contributed by atoms with Crippen molar-refractivity contribution >= 4 is 22.6 Å². The minimum Gasteiger partial charge on any atom is -0.345 e. The number of carbonyl (C=O) groups excluding carboxylic acids is 2. The quantitative estimate of drug-likeness (QED) is 0.826. The van der Waals surface area contributed by atoms with Gasteiger partial charge in [-0.15, -0.1) is 0 Å². The highest BCUT2D eigenvalue weighted by atomic mass is 19.2. The van der Waals surface area contributed by atoms with Gasteiger partial charge in [0.2, 0.25) is 0 Å². The van der Waals surface area contributed by atoms with Crippen LogP contribution in [0.1, 0.15) is 31.4 Å². The maximum atomic E-state index is 13.6. The molecule has 2 aromatic rings. The van der Waals surface area contributed by atoms with Gasteiger partial charge < -0.3 is 15.2 Å². The average Bonchev–Trinajstić information content (AvgIpc) is 3.39. The van der Waals surface area contributed by atoms with Gasteiger partial charge in [0.05, 0.1) is 11.4 Å². The third-order valence-corrected chi connectivity index (χ3v) is 4.43. The lowest BCUT2D eigenvalue weighted by atomic mass is 10.0. The van der Waals surface area contributed by atoms with E-state index in [9.17, 15) is 23.2 Å². The first-order chi connectivity index (χ1) is 11.8. The van der Waals surface area contributed by atoms with Gasteiger partial charge in [0.1, 0.15) is 0 Å². The summed E-state index contributed by atoms with van der Waals surface area (Å²) in [5.74, 6) is -3.66. The number of benzene rings is 1. The van der Waals surface area contributed by atoms with Crippen LogP contribution in [-0.2, 0) is 9.59 Å². The number of nitrogens with zero attached hydrogens (tertiary/aromatic N) is 1. The van der Waals surface area contributed by atoms with Gasteiger partial charge in [0.15, 0.2) is 11.6 Å². The Morgan fingerprint density at radius 1 is 1.24 bits per heavy atom. The number of nitrogens with one attached hydrogen (secondary N) is 2. The average molecular weight is 349 g/mol. The molecule has 1 aliphatic carbocycles. The number of hydrogen-bond acceptors (Lipinski definition) is 3. The first kappa shape index (κ1) is 17.1. The highest BCUT2D eigenvalue weighted by Gasteiger charge is 2.30. The molecular weight excluding hydrogens is 332 g/mol. The zero-order valence-electron chi connectivity index (χ0n) is 13.7. The van der Waals surface area contributed by atoms with E-state index in [4.69, 9.17) is 0 Å². The second-order valence-corrected chi connectivity index (χ2v) is 6.22. The van der Waals surface area contributed by atoms with Crippen molar-refractivity contribution in [1.29, 1.82) is 0 Å². The molecule has 1 atom stereocenters. The summed E-state index contributed by atoms with van der Waals surface area (Å²) in [6, 6.07) is 1.16. The maximum Gasteiger partial charge on any atom is 0.312 e. The van der Waals surface area contributed by atoms with Crippen LogP contribution >= 0.6 is 0 Å². The summed E-state index contributed by atoms with van der Waals surface area (Å²) >= 11 is 0. The molecule has 0 bridgehead atoms. The predicted octanol–water partition coefficient (Wildman–Crippen LogP) is 1.60. The van der Waals surface area contributed by atoms with Crippen LogP contribution in [0.25, 0.3) is 10.8 Å². The molecule has 0 spiro atoms. The number of carbonyl (C=O) groups is 2. The van der Waals surface area contributed by atoms with E-state index in [0.29, 0.717) is 5.56 Å². The van der Waals surface area contributed by atoms with E-state index in [0.717, 1.165) is 25.0 Å². The number of amides is 2. The molecule has 1 aromatic heterocycles. The number of rotatable bonds is 3.